The van der Waals surface area contributed by atoms with Gasteiger partial charge in [-0.3, -0.25) is 4.79 Å². The van der Waals surface area contributed by atoms with E-state index in [1.165, 1.54) is 16.9 Å². The van der Waals surface area contributed by atoms with Crippen molar-refractivity contribution in [2.75, 3.05) is 5.75 Å². The molecule has 0 amide bonds. The Morgan fingerprint density at radius 2 is 2.14 bits per heavy atom. The summed E-state index contributed by atoms with van der Waals surface area (Å²) in [6.07, 6.45) is 6.22. The number of aryl methyl sites for hydroxylation is 3. The van der Waals surface area contributed by atoms with Gasteiger partial charge in [-0.15, -0.1) is 28.1 Å². The Morgan fingerprint density at radius 3 is 2.96 bits per heavy atom. The van der Waals surface area contributed by atoms with E-state index < -0.39 is 0 Å². The van der Waals surface area contributed by atoms with E-state index >= 15 is 0 Å². The van der Waals surface area contributed by atoms with E-state index in [1.807, 2.05) is 37.3 Å². The summed E-state index contributed by atoms with van der Waals surface area (Å²) in [5, 5.41) is 10.5. The molecule has 4 aromatic rings. The molecular formula is C21H20N4OS2. The van der Waals surface area contributed by atoms with Gasteiger partial charge in [0.25, 0.3) is 5.56 Å². The van der Waals surface area contributed by atoms with Crippen LogP contribution in [0.5, 0.6) is 0 Å². The molecule has 5 rings (SSSR count). The lowest BCUT2D eigenvalue weighted by Crippen LogP contribution is -2.22. The van der Waals surface area contributed by atoms with E-state index in [2.05, 4.69) is 21.2 Å². The Hall–Kier alpha value is -2.38. The summed E-state index contributed by atoms with van der Waals surface area (Å²) >= 11 is 3.33. The first-order chi connectivity index (χ1) is 13.7. The lowest BCUT2D eigenvalue weighted by Gasteiger charge is -2.12. The molecule has 0 saturated carbocycles. The van der Waals surface area contributed by atoms with Gasteiger partial charge in [-0.25, -0.2) is 8.97 Å². The lowest BCUT2D eigenvalue weighted by molar-refractivity contribution is 0.699. The zero-order chi connectivity index (χ0) is 19.3. The molecule has 1 aromatic carbocycles. The Bertz CT molecular complexity index is 1280. The normalized spacial score (nSPS) is 13.9. The van der Waals surface area contributed by atoms with Gasteiger partial charge in [0.05, 0.1) is 11.1 Å². The quantitative estimate of drug-likeness (QED) is 0.367. The maximum absolute atomic E-state index is 13.7. The highest BCUT2D eigenvalue weighted by Gasteiger charge is 2.25. The largest absolute Gasteiger partial charge is 0.268 e. The zero-order valence-electron chi connectivity index (χ0n) is 15.6. The summed E-state index contributed by atoms with van der Waals surface area (Å²) in [6, 6.07) is 8.00. The van der Waals surface area contributed by atoms with Crippen LogP contribution in [0.15, 0.2) is 46.9 Å². The van der Waals surface area contributed by atoms with Gasteiger partial charge in [0, 0.05) is 10.6 Å². The summed E-state index contributed by atoms with van der Waals surface area (Å²) in [7, 11) is 0. The van der Waals surface area contributed by atoms with Crippen LogP contribution >= 0.6 is 23.1 Å². The van der Waals surface area contributed by atoms with Gasteiger partial charge in [-0.1, -0.05) is 30.0 Å². The van der Waals surface area contributed by atoms with Crippen molar-refractivity contribution < 1.29 is 0 Å². The standard InChI is InChI=1S/C21H20N4OS2/c1-3-11-27-21-23-22-20-24(14-8-6-7-13(2)12-14)18(26)17-15-9-4-5-10-16(15)28-19(17)25(20)21/h3,6-8,12H,1,4-5,9-11H2,2H3. The fourth-order valence-electron chi connectivity index (χ4n) is 3.94. The third kappa shape index (κ3) is 2.64. The molecule has 1 aliphatic rings. The zero-order valence-corrected chi connectivity index (χ0v) is 17.3. The number of benzene rings is 1. The smallest absolute Gasteiger partial charge is 0.268 e. The highest BCUT2D eigenvalue weighted by Crippen LogP contribution is 2.36. The van der Waals surface area contributed by atoms with Crippen molar-refractivity contribution in [3.63, 3.8) is 0 Å². The second-order valence-electron chi connectivity index (χ2n) is 7.09. The van der Waals surface area contributed by atoms with Crippen LogP contribution in [0, 0.1) is 6.92 Å². The molecule has 0 aliphatic heterocycles. The number of thioether (sulfide) groups is 1. The average molecular weight is 409 g/mol. The number of fused-ring (bicyclic) bond motifs is 5. The van der Waals surface area contributed by atoms with Crippen LogP contribution < -0.4 is 5.56 Å². The summed E-state index contributed by atoms with van der Waals surface area (Å²) < 4.78 is 3.79. The number of hydrogen-bond donors (Lipinski definition) is 0. The molecule has 7 heteroatoms. The van der Waals surface area contributed by atoms with Crippen molar-refractivity contribution >= 4 is 39.1 Å². The molecule has 28 heavy (non-hydrogen) atoms. The summed E-state index contributed by atoms with van der Waals surface area (Å²) in [5.74, 6) is 1.32. The van der Waals surface area contributed by atoms with Crippen LogP contribution in [-0.4, -0.2) is 24.9 Å². The fourth-order valence-corrected chi connectivity index (χ4v) is 6.05. The van der Waals surface area contributed by atoms with E-state index in [4.69, 9.17) is 0 Å². The third-order valence-electron chi connectivity index (χ3n) is 5.18. The van der Waals surface area contributed by atoms with E-state index in [-0.39, 0.29) is 5.56 Å². The van der Waals surface area contributed by atoms with Gasteiger partial charge in [-0.2, -0.15) is 0 Å². The molecule has 0 radical (unpaired) electrons. The van der Waals surface area contributed by atoms with Gasteiger partial charge in [0.2, 0.25) is 5.78 Å². The monoisotopic (exact) mass is 408 g/mol. The minimum Gasteiger partial charge on any atom is -0.268 e. The van der Waals surface area contributed by atoms with Crippen molar-refractivity contribution in [3.05, 3.63) is 63.3 Å². The molecule has 0 atom stereocenters. The molecule has 142 valence electrons. The number of thiophene rings is 1. The van der Waals surface area contributed by atoms with Crippen molar-refractivity contribution in [3.8, 4) is 5.69 Å². The maximum Gasteiger partial charge on any atom is 0.268 e. The van der Waals surface area contributed by atoms with Crippen LogP contribution in [0.2, 0.25) is 0 Å². The van der Waals surface area contributed by atoms with E-state index in [1.54, 1.807) is 27.7 Å². The predicted octanol–water partition coefficient (Wildman–Crippen LogP) is 4.56. The van der Waals surface area contributed by atoms with Crippen LogP contribution in [-0.2, 0) is 12.8 Å². The number of nitrogens with zero attached hydrogens (tertiary/aromatic N) is 4. The first-order valence-corrected chi connectivity index (χ1v) is 11.2. The van der Waals surface area contributed by atoms with Crippen molar-refractivity contribution in [1.29, 1.82) is 0 Å². The Kier molecular flexibility index (Phi) is 4.36. The molecule has 1 aliphatic carbocycles. The molecule has 0 spiro atoms. The van der Waals surface area contributed by atoms with Gasteiger partial charge in [0.15, 0.2) is 5.16 Å². The van der Waals surface area contributed by atoms with Crippen molar-refractivity contribution in [1.82, 2.24) is 19.2 Å². The fraction of sp³-hybridized carbons (Fsp3) is 0.286. The van der Waals surface area contributed by atoms with Crippen molar-refractivity contribution in [2.45, 2.75) is 37.8 Å². The number of rotatable bonds is 4. The number of aromatic nitrogens is 4. The minimum absolute atomic E-state index is 0.0140. The molecular weight excluding hydrogens is 388 g/mol. The van der Waals surface area contributed by atoms with E-state index in [0.717, 1.165) is 51.6 Å². The first-order valence-electron chi connectivity index (χ1n) is 9.44. The molecule has 0 fully saturated rings. The molecule has 0 N–H and O–H groups in total. The SMILES string of the molecule is C=CCSc1nnc2n(-c3cccc(C)c3)c(=O)c3c4c(sc3n12)CCCC4. The average Bonchev–Trinajstić information content (AvgIpc) is 3.28. The topological polar surface area (TPSA) is 52.2 Å². The van der Waals surface area contributed by atoms with Crippen LogP contribution in [0.3, 0.4) is 0 Å². The number of hydrogen-bond acceptors (Lipinski definition) is 5. The van der Waals surface area contributed by atoms with E-state index in [9.17, 15) is 4.79 Å². The highest BCUT2D eigenvalue weighted by molar-refractivity contribution is 7.99. The Morgan fingerprint density at radius 1 is 1.29 bits per heavy atom. The van der Waals surface area contributed by atoms with Crippen molar-refractivity contribution in [2.24, 2.45) is 0 Å². The highest BCUT2D eigenvalue weighted by atomic mass is 32.2. The Balaban J connectivity index is 1.93. The van der Waals surface area contributed by atoms with Gasteiger partial charge in [-0.05, 0) is 55.9 Å². The Labute approximate surface area is 170 Å². The lowest BCUT2D eigenvalue weighted by atomic mass is 9.97. The first kappa shape index (κ1) is 17.7. The molecule has 0 unspecified atom stereocenters. The predicted molar refractivity (Wildman–Crippen MR) is 116 cm³/mol. The molecule has 3 heterocycles. The molecule has 0 saturated heterocycles. The second-order valence-corrected chi connectivity index (χ2v) is 9.16. The summed E-state index contributed by atoms with van der Waals surface area (Å²) in [4.78, 5) is 16.0. The van der Waals surface area contributed by atoms with Crippen LogP contribution in [0.1, 0.15) is 28.8 Å². The minimum atomic E-state index is 0.0140. The van der Waals surface area contributed by atoms with Gasteiger partial charge in [0.1, 0.15) is 4.83 Å². The maximum atomic E-state index is 13.7. The van der Waals surface area contributed by atoms with E-state index in [0.29, 0.717) is 5.78 Å². The summed E-state index contributed by atoms with van der Waals surface area (Å²) in [5.41, 5.74) is 3.18. The molecule has 3 aromatic heterocycles. The molecule has 5 nitrogen and oxygen atoms in total. The van der Waals surface area contributed by atoms with Crippen LogP contribution in [0.25, 0.3) is 21.7 Å². The molecule has 0 bridgehead atoms. The van der Waals surface area contributed by atoms with Crippen LogP contribution in [0.4, 0.5) is 0 Å². The summed E-state index contributed by atoms with van der Waals surface area (Å²) in [6.45, 7) is 5.85. The third-order valence-corrected chi connectivity index (χ3v) is 7.38. The van der Waals surface area contributed by atoms with Gasteiger partial charge >= 0.3 is 0 Å². The van der Waals surface area contributed by atoms with Gasteiger partial charge < -0.3 is 0 Å². The second kappa shape index (κ2) is 6.90.